The molecule has 1 aliphatic rings. The van der Waals surface area contributed by atoms with Gasteiger partial charge in [-0.2, -0.15) is 0 Å². The van der Waals surface area contributed by atoms with Crippen LogP contribution in [0.1, 0.15) is 22.6 Å². The summed E-state index contributed by atoms with van der Waals surface area (Å²) in [6.07, 6.45) is 1.54. The van der Waals surface area contributed by atoms with Crippen molar-refractivity contribution in [1.29, 1.82) is 0 Å². The molecule has 3 aromatic carbocycles. The van der Waals surface area contributed by atoms with E-state index in [1.807, 2.05) is 42.5 Å². The number of aromatic nitrogens is 4. The van der Waals surface area contributed by atoms with E-state index >= 15 is 0 Å². The SMILES string of the molecule is O=c1oc2ccccc2c2c1C(c1cccc(Cl)c1Cl)c1c(ncn3nc(-c4ccc(Br)cc4)nc13)O2. The first kappa shape index (κ1) is 22.5. The van der Waals surface area contributed by atoms with E-state index in [0.717, 1.165) is 10.0 Å². The second-order valence-corrected chi connectivity index (χ2v) is 10.2. The molecule has 10 heteroatoms. The van der Waals surface area contributed by atoms with Crippen molar-refractivity contribution in [1.82, 2.24) is 19.6 Å². The van der Waals surface area contributed by atoms with Crippen LogP contribution in [-0.4, -0.2) is 19.6 Å². The van der Waals surface area contributed by atoms with E-state index in [0.29, 0.717) is 60.8 Å². The van der Waals surface area contributed by atoms with Crippen LogP contribution in [0.15, 0.2) is 86.7 Å². The Morgan fingerprint density at radius 2 is 1.76 bits per heavy atom. The van der Waals surface area contributed by atoms with E-state index < -0.39 is 11.5 Å². The Balaban J connectivity index is 1.56. The van der Waals surface area contributed by atoms with Crippen molar-refractivity contribution in [2.75, 3.05) is 0 Å². The number of ether oxygens (including phenoxy) is 1. The predicted molar refractivity (Wildman–Crippen MR) is 144 cm³/mol. The number of fused-ring (bicyclic) bond motifs is 6. The van der Waals surface area contributed by atoms with Crippen LogP contribution in [0, 0.1) is 0 Å². The average molecular weight is 592 g/mol. The lowest BCUT2D eigenvalue weighted by Gasteiger charge is -2.28. The summed E-state index contributed by atoms with van der Waals surface area (Å²) in [4.78, 5) is 22.9. The summed E-state index contributed by atoms with van der Waals surface area (Å²) in [5.41, 5.74) is 2.59. The highest BCUT2D eigenvalue weighted by Crippen LogP contribution is 2.50. The van der Waals surface area contributed by atoms with Gasteiger partial charge in [-0.1, -0.05) is 75.5 Å². The van der Waals surface area contributed by atoms with Crippen molar-refractivity contribution in [2.24, 2.45) is 0 Å². The van der Waals surface area contributed by atoms with Crippen LogP contribution in [-0.2, 0) is 0 Å². The van der Waals surface area contributed by atoms with Gasteiger partial charge in [0.15, 0.2) is 17.2 Å². The molecule has 7 rings (SSSR count). The summed E-state index contributed by atoms with van der Waals surface area (Å²) in [7, 11) is 0. The molecule has 0 N–H and O–H groups in total. The minimum absolute atomic E-state index is 0.290. The predicted octanol–water partition coefficient (Wildman–Crippen LogP) is 7.25. The average Bonchev–Trinajstić information content (AvgIpc) is 3.34. The molecule has 0 spiro atoms. The standard InChI is InChI=1S/C27H13BrCl2N4O3/c28-14-10-8-13(9-11-14)24-32-25-21-19(16-5-3-6-17(29)22(16)30)20-23(37-26(21)31-12-34(25)33-24)15-4-1-2-7-18(15)36-27(20)35/h1-12,19H. The smallest absolute Gasteiger partial charge is 0.344 e. The van der Waals surface area contributed by atoms with Crippen molar-refractivity contribution in [3.63, 3.8) is 0 Å². The molecule has 3 aromatic heterocycles. The first-order chi connectivity index (χ1) is 18.0. The lowest BCUT2D eigenvalue weighted by molar-refractivity contribution is 0.422. The number of halogens is 3. The summed E-state index contributed by atoms with van der Waals surface area (Å²) in [5.74, 6) is 0.440. The topological polar surface area (TPSA) is 82.5 Å². The van der Waals surface area contributed by atoms with Gasteiger partial charge in [0.25, 0.3) is 0 Å². The molecule has 0 radical (unpaired) electrons. The summed E-state index contributed by atoms with van der Waals surface area (Å²) < 4.78 is 14.5. The van der Waals surface area contributed by atoms with E-state index in [2.05, 4.69) is 26.0 Å². The third-order valence-corrected chi connectivity index (χ3v) is 7.72. The lowest BCUT2D eigenvalue weighted by Crippen LogP contribution is -2.22. The van der Waals surface area contributed by atoms with Crippen LogP contribution in [0.5, 0.6) is 11.6 Å². The quantitative estimate of drug-likeness (QED) is 0.197. The number of para-hydroxylation sites is 1. The Labute approximate surface area is 227 Å². The molecule has 4 heterocycles. The van der Waals surface area contributed by atoms with E-state index in [1.165, 1.54) is 0 Å². The maximum atomic E-state index is 13.5. The Morgan fingerprint density at radius 1 is 0.946 bits per heavy atom. The minimum Gasteiger partial charge on any atom is -0.437 e. The fraction of sp³-hybridized carbons (Fsp3) is 0.0370. The zero-order chi connectivity index (χ0) is 25.3. The van der Waals surface area contributed by atoms with Gasteiger partial charge < -0.3 is 9.15 Å². The van der Waals surface area contributed by atoms with Crippen molar-refractivity contribution in [3.8, 4) is 23.0 Å². The third-order valence-electron chi connectivity index (χ3n) is 6.36. The van der Waals surface area contributed by atoms with Gasteiger partial charge in [-0.15, -0.1) is 5.10 Å². The molecule has 37 heavy (non-hydrogen) atoms. The van der Waals surface area contributed by atoms with Gasteiger partial charge in [-0.05, 0) is 35.9 Å². The monoisotopic (exact) mass is 590 g/mol. The summed E-state index contributed by atoms with van der Waals surface area (Å²) >= 11 is 16.6. The molecule has 0 bridgehead atoms. The number of hydrogen-bond acceptors (Lipinski definition) is 6. The fourth-order valence-electron chi connectivity index (χ4n) is 4.71. The summed E-state index contributed by atoms with van der Waals surface area (Å²) in [5, 5.41) is 5.94. The lowest BCUT2D eigenvalue weighted by atomic mass is 9.84. The zero-order valence-corrected chi connectivity index (χ0v) is 21.8. The van der Waals surface area contributed by atoms with E-state index in [1.54, 1.807) is 35.1 Å². The van der Waals surface area contributed by atoms with Crippen LogP contribution in [0.3, 0.4) is 0 Å². The van der Waals surface area contributed by atoms with Gasteiger partial charge in [0.05, 0.1) is 32.5 Å². The second-order valence-electron chi connectivity index (χ2n) is 8.48. The Bertz CT molecular complexity index is 1940. The minimum atomic E-state index is -0.719. The van der Waals surface area contributed by atoms with Crippen LogP contribution in [0.25, 0.3) is 28.0 Å². The summed E-state index contributed by atoms with van der Waals surface area (Å²) in [6.45, 7) is 0. The van der Waals surface area contributed by atoms with Gasteiger partial charge in [0.1, 0.15) is 11.9 Å². The van der Waals surface area contributed by atoms with E-state index in [-0.39, 0.29) is 0 Å². The van der Waals surface area contributed by atoms with Gasteiger partial charge in [-0.3, -0.25) is 0 Å². The molecular formula is C27H13BrCl2N4O3. The molecule has 0 saturated heterocycles. The van der Waals surface area contributed by atoms with Gasteiger partial charge in [0, 0.05) is 10.0 Å². The first-order valence-corrected chi connectivity index (χ1v) is 12.7. The third kappa shape index (κ3) is 3.48. The molecular weight excluding hydrogens is 579 g/mol. The maximum Gasteiger partial charge on any atom is 0.344 e. The van der Waals surface area contributed by atoms with Crippen molar-refractivity contribution < 1.29 is 9.15 Å². The van der Waals surface area contributed by atoms with Gasteiger partial charge >= 0.3 is 5.63 Å². The molecule has 0 amide bonds. The normalized spacial score (nSPS) is 14.4. The largest absolute Gasteiger partial charge is 0.437 e. The van der Waals surface area contributed by atoms with Crippen molar-refractivity contribution in [2.45, 2.75) is 5.92 Å². The van der Waals surface area contributed by atoms with Gasteiger partial charge in [-0.25, -0.2) is 19.3 Å². The number of nitrogens with zero attached hydrogens (tertiary/aromatic N) is 4. The highest BCUT2D eigenvalue weighted by Gasteiger charge is 2.38. The summed E-state index contributed by atoms with van der Waals surface area (Å²) in [6, 6.07) is 20.2. The maximum absolute atomic E-state index is 13.5. The number of hydrogen-bond donors (Lipinski definition) is 0. The zero-order valence-electron chi connectivity index (χ0n) is 18.7. The van der Waals surface area contributed by atoms with Crippen molar-refractivity contribution >= 4 is 55.7 Å². The molecule has 6 aromatic rings. The molecule has 0 saturated carbocycles. The molecule has 0 fully saturated rings. The molecule has 180 valence electrons. The van der Waals surface area contributed by atoms with E-state index in [4.69, 9.17) is 37.3 Å². The Kier molecular flexibility index (Phi) is 5.11. The Hall–Kier alpha value is -3.72. The van der Waals surface area contributed by atoms with E-state index in [9.17, 15) is 4.79 Å². The molecule has 1 atom stereocenters. The highest BCUT2D eigenvalue weighted by atomic mass is 79.9. The number of rotatable bonds is 2. The molecule has 1 unspecified atom stereocenters. The van der Waals surface area contributed by atoms with Crippen molar-refractivity contribution in [3.05, 3.63) is 115 Å². The van der Waals surface area contributed by atoms with Crippen LogP contribution in [0.4, 0.5) is 0 Å². The van der Waals surface area contributed by atoms with Gasteiger partial charge in [0.2, 0.25) is 5.88 Å². The second kappa shape index (κ2) is 8.41. The fourth-order valence-corrected chi connectivity index (χ4v) is 5.39. The van der Waals surface area contributed by atoms with Crippen LogP contribution in [0.2, 0.25) is 10.0 Å². The Morgan fingerprint density at radius 3 is 2.59 bits per heavy atom. The molecule has 1 aliphatic heterocycles. The molecule has 0 aliphatic carbocycles. The highest BCUT2D eigenvalue weighted by molar-refractivity contribution is 9.10. The number of benzene rings is 3. The van der Waals surface area contributed by atoms with Crippen LogP contribution >= 0.6 is 39.1 Å². The molecule has 7 nitrogen and oxygen atoms in total. The first-order valence-electron chi connectivity index (χ1n) is 11.2. The van der Waals surface area contributed by atoms with Crippen LogP contribution < -0.4 is 10.4 Å².